The molecule has 23 nitrogen and oxygen atoms in total. The van der Waals surface area contributed by atoms with Crippen LogP contribution in [0.5, 0.6) is 0 Å². The minimum atomic E-state index is -1.73. The number of nitrogens with two attached hydrogens (primary N) is 5. The summed E-state index contributed by atoms with van der Waals surface area (Å²) in [5, 5.41) is 99.7. The molecule has 0 aromatic rings. The fourth-order valence-electron chi connectivity index (χ4n) is 6.72. The van der Waals surface area contributed by atoms with Gasteiger partial charge in [0.1, 0.15) is 79.4 Å². The number of carbonyl (C=O) groups excluding carboxylic acids is 1. The van der Waals surface area contributed by atoms with Gasteiger partial charge in [-0.25, -0.2) is 0 Å². The number of aliphatic hydroxyl groups excluding tert-OH is 9. The number of amides is 1. The number of carbonyl (C=O) groups is 1. The van der Waals surface area contributed by atoms with Crippen LogP contribution in [-0.2, 0) is 33.2 Å². The average Bonchev–Trinajstić information content (AvgIpc) is 3.42. The molecule has 4 rings (SSSR count). The highest BCUT2D eigenvalue weighted by molar-refractivity contribution is 5.80. The molecule has 0 bridgehead atoms. The largest absolute Gasteiger partial charge is 0.395 e. The summed E-state index contributed by atoms with van der Waals surface area (Å²) in [5.74, 6) is -0.856. The summed E-state index contributed by atoms with van der Waals surface area (Å²) >= 11 is 0. The van der Waals surface area contributed by atoms with Gasteiger partial charge in [-0.2, -0.15) is 0 Å². The zero-order valence-electron chi connectivity index (χ0n) is 28.5. The first-order valence-electron chi connectivity index (χ1n) is 17.3. The molecule has 0 aromatic heterocycles. The van der Waals surface area contributed by atoms with E-state index in [-0.39, 0.29) is 45.6 Å². The topological polar surface area (TPSA) is 409 Å². The molecule has 0 aromatic carbocycles. The van der Waals surface area contributed by atoms with Crippen LogP contribution in [0.2, 0.25) is 0 Å². The second-order valence-electron chi connectivity index (χ2n) is 13.5. The third-order valence-corrected chi connectivity index (χ3v) is 9.80. The Morgan fingerprint density at radius 3 is 1.87 bits per heavy atom. The third kappa shape index (κ3) is 9.70. The van der Waals surface area contributed by atoms with Gasteiger partial charge in [-0.15, -0.1) is 0 Å². The van der Waals surface area contributed by atoms with Crippen LogP contribution in [0.4, 0.5) is 0 Å². The smallest absolute Gasteiger partial charge is 0.249 e. The molecule has 1 amide bonds. The SMILES string of the molecule is NCC[C@H](O)C(=O)N[C@@H]1C[C@H](N)[C@@H](O[C@H]2O[C@H](CNCCO)[C@@H](O)[C@@H](O)[C@H]2N)[C@H](O[C@@H]2O[C@H](CO)[C@@H](O[C@H]3O[C@@H](CN)[C@@H](O)[C@H](O)[C@H]3N)[C@H]2O)[C@H]1O. The maximum atomic E-state index is 12.7. The van der Waals surface area contributed by atoms with Crippen LogP contribution in [0.25, 0.3) is 0 Å². The molecule has 23 heteroatoms. The Morgan fingerprint density at radius 1 is 0.731 bits per heavy atom. The van der Waals surface area contributed by atoms with Crippen molar-refractivity contribution in [3.63, 3.8) is 0 Å². The van der Waals surface area contributed by atoms with Crippen molar-refractivity contribution < 1.29 is 79.2 Å². The van der Waals surface area contributed by atoms with Crippen LogP contribution in [0, 0.1) is 0 Å². The second kappa shape index (κ2) is 19.5. The van der Waals surface area contributed by atoms with Crippen LogP contribution < -0.4 is 39.3 Å². The molecule has 4 fully saturated rings. The van der Waals surface area contributed by atoms with Crippen molar-refractivity contribution in [3.05, 3.63) is 0 Å². The van der Waals surface area contributed by atoms with E-state index < -0.39 is 135 Å². The van der Waals surface area contributed by atoms with Crippen LogP contribution in [0.1, 0.15) is 12.8 Å². The Balaban J connectivity index is 1.57. The quantitative estimate of drug-likeness (QED) is 0.0649. The normalized spacial score (nSPS) is 46.2. The summed E-state index contributed by atoms with van der Waals surface area (Å²) in [4.78, 5) is 12.7. The molecule has 1 saturated carbocycles. The van der Waals surface area contributed by atoms with Gasteiger partial charge in [0.25, 0.3) is 0 Å². The number of aliphatic hydroxyl groups is 9. The number of nitrogens with one attached hydrogen (secondary N) is 2. The van der Waals surface area contributed by atoms with Crippen LogP contribution >= 0.6 is 0 Å². The first-order valence-corrected chi connectivity index (χ1v) is 17.3. The average molecular weight is 760 g/mol. The van der Waals surface area contributed by atoms with E-state index in [2.05, 4.69) is 10.6 Å². The van der Waals surface area contributed by atoms with Crippen LogP contribution in [0.15, 0.2) is 0 Å². The molecule has 21 N–H and O–H groups in total. The van der Waals surface area contributed by atoms with Crippen molar-refractivity contribution in [3.8, 4) is 0 Å². The highest BCUT2D eigenvalue weighted by atomic mass is 16.8. The zero-order chi connectivity index (χ0) is 38.4. The maximum absolute atomic E-state index is 12.7. The van der Waals surface area contributed by atoms with Gasteiger partial charge >= 0.3 is 0 Å². The first-order chi connectivity index (χ1) is 24.7. The van der Waals surface area contributed by atoms with Crippen molar-refractivity contribution in [1.82, 2.24) is 10.6 Å². The second-order valence-corrected chi connectivity index (χ2v) is 13.5. The predicted octanol–water partition coefficient (Wildman–Crippen LogP) is -10.4. The van der Waals surface area contributed by atoms with Gasteiger partial charge < -0.3 is 114 Å². The number of rotatable bonds is 16. The van der Waals surface area contributed by atoms with E-state index in [1.165, 1.54) is 0 Å². The Morgan fingerprint density at radius 2 is 1.29 bits per heavy atom. The third-order valence-electron chi connectivity index (χ3n) is 9.80. The minimum Gasteiger partial charge on any atom is -0.395 e. The van der Waals surface area contributed by atoms with Gasteiger partial charge in [0.2, 0.25) is 5.91 Å². The molecule has 3 aliphatic heterocycles. The number of ether oxygens (including phenoxy) is 6. The lowest BCUT2D eigenvalue weighted by Crippen LogP contribution is -2.69. The van der Waals surface area contributed by atoms with E-state index in [0.717, 1.165) is 0 Å². The predicted molar refractivity (Wildman–Crippen MR) is 173 cm³/mol. The first kappa shape index (κ1) is 43.4. The van der Waals surface area contributed by atoms with Crippen molar-refractivity contribution >= 4 is 5.91 Å². The fourth-order valence-corrected chi connectivity index (χ4v) is 6.72. The van der Waals surface area contributed by atoms with E-state index >= 15 is 0 Å². The van der Waals surface area contributed by atoms with E-state index in [1.54, 1.807) is 0 Å². The van der Waals surface area contributed by atoms with Gasteiger partial charge in [0.05, 0.1) is 31.3 Å². The van der Waals surface area contributed by atoms with Gasteiger partial charge in [0, 0.05) is 25.7 Å². The molecular weight excluding hydrogens is 702 g/mol. The molecule has 0 spiro atoms. The summed E-state index contributed by atoms with van der Waals surface area (Å²) in [6, 6.07) is -4.88. The van der Waals surface area contributed by atoms with Gasteiger partial charge in [-0.3, -0.25) is 4.79 Å². The lowest BCUT2D eigenvalue weighted by Gasteiger charge is -2.48. The van der Waals surface area contributed by atoms with E-state index in [0.29, 0.717) is 0 Å². The van der Waals surface area contributed by atoms with Gasteiger partial charge in [-0.05, 0) is 19.4 Å². The van der Waals surface area contributed by atoms with Crippen molar-refractivity contribution in [2.24, 2.45) is 28.7 Å². The Labute approximate surface area is 299 Å². The monoisotopic (exact) mass is 759 g/mol. The molecule has 4 aliphatic rings. The molecule has 0 radical (unpaired) electrons. The summed E-state index contributed by atoms with van der Waals surface area (Å²) in [7, 11) is 0. The summed E-state index contributed by atoms with van der Waals surface area (Å²) in [6.07, 6.45) is -23.4. The van der Waals surface area contributed by atoms with Crippen molar-refractivity contribution in [1.29, 1.82) is 0 Å². The molecule has 0 unspecified atom stereocenters. The van der Waals surface area contributed by atoms with Crippen molar-refractivity contribution in [2.75, 3.05) is 39.4 Å². The van der Waals surface area contributed by atoms with E-state index in [4.69, 9.17) is 62.2 Å². The van der Waals surface area contributed by atoms with Crippen LogP contribution in [-0.4, -0.2) is 214 Å². The summed E-state index contributed by atoms with van der Waals surface area (Å²) in [6.45, 7) is -1.02. The molecular formula is C29H57N7O16. The number of hydrogen-bond acceptors (Lipinski definition) is 22. The standard InChI is InChI=1S/C29H57N7O16/c30-2-1-11(39)26(46)36-10-5-9(32)23(50-28-16(34)21(44)19(42)13(48-28)7-35-3-4-37)25(17(10)40)52-29-22(45)24(14(8-38)49-29)51-27-15(33)20(43)18(41)12(6-31)47-27/h9-25,27-29,35,37-45H,1-8,30-34H2,(H,36,46)/t9-,10+,11-,12-,13+,14+,15+,16+,17-,18+,19+,20+,21-,22+,23+,24+,25+,27+,28+,29-/m0/s1. The van der Waals surface area contributed by atoms with Gasteiger partial charge in [-0.1, -0.05) is 0 Å². The van der Waals surface area contributed by atoms with Crippen molar-refractivity contribution in [2.45, 2.75) is 135 Å². The molecule has 52 heavy (non-hydrogen) atoms. The maximum Gasteiger partial charge on any atom is 0.249 e. The lowest BCUT2D eigenvalue weighted by atomic mass is 9.83. The lowest BCUT2D eigenvalue weighted by molar-refractivity contribution is -0.308. The minimum absolute atomic E-state index is 0.00291. The summed E-state index contributed by atoms with van der Waals surface area (Å²) < 4.78 is 35.3. The molecule has 3 heterocycles. The zero-order valence-corrected chi connectivity index (χ0v) is 28.5. The molecule has 3 saturated heterocycles. The molecule has 304 valence electrons. The highest BCUT2D eigenvalue weighted by Gasteiger charge is 2.55. The summed E-state index contributed by atoms with van der Waals surface area (Å²) in [5.41, 5.74) is 29.8. The fraction of sp³-hybridized carbons (Fsp3) is 0.966. The van der Waals surface area contributed by atoms with Gasteiger partial charge in [0.15, 0.2) is 18.9 Å². The Bertz CT molecular complexity index is 1110. The number of hydrogen-bond donors (Lipinski definition) is 16. The molecule has 1 aliphatic carbocycles. The highest BCUT2D eigenvalue weighted by Crippen LogP contribution is 2.34. The van der Waals surface area contributed by atoms with E-state index in [9.17, 15) is 45.6 Å². The van der Waals surface area contributed by atoms with Crippen LogP contribution in [0.3, 0.4) is 0 Å². The van der Waals surface area contributed by atoms with E-state index in [1.807, 2.05) is 0 Å². The Kier molecular flexibility index (Phi) is 16.2. The molecule has 20 atom stereocenters. The Hall–Kier alpha value is -1.37.